The van der Waals surface area contributed by atoms with Gasteiger partial charge in [-0.15, -0.1) is 0 Å². The van der Waals surface area contributed by atoms with Crippen molar-refractivity contribution >= 4 is 23.4 Å². The van der Waals surface area contributed by atoms with Crippen LogP contribution in [0, 0.1) is 0 Å². The Hall–Kier alpha value is -2.17. The second-order valence-electron chi connectivity index (χ2n) is 4.93. The van der Waals surface area contributed by atoms with Crippen molar-refractivity contribution in [3.63, 3.8) is 0 Å². The first-order valence-electron chi connectivity index (χ1n) is 5.57. The zero-order valence-corrected chi connectivity index (χ0v) is 10.5. The van der Waals surface area contributed by atoms with Gasteiger partial charge in [0.15, 0.2) is 6.29 Å². The quantitative estimate of drug-likeness (QED) is 0.726. The molecule has 0 bridgehead atoms. The van der Waals surface area contributed by atoms with E-state index in [4.69, 9.17) is 4.74 Å². The Morgan fingerprint density at radius 1 is 1.39 bits per heavy atom. The summed E-state index contributed by atoms with van der Waals surface area (Å²) < 4.78 is 6.51. The molecule has 0 atom stereocenters. The van der Waals surface area contributed by atoms with Crippen LogP contribution in [-0.2, 0) is 4.74 Å². The lowest BCUT2D eigenvalue weighted by Crippen LogP contribution is -2.26. The van der Waals surface area contributed by atoms with E-state index in [1.165, 1.54) is 10.9 Å². The van der Waals surface area contributed by atoms with Gasteiger partial charge in [0.05, 0.1) is 11.0 Å². The van der Waals surface area contributed by atoms with Crippen molar-refractivity contribution in [3.05, 3.63) is 30.1 Å². The minimum Gasteiger partial charge on any atom is -0.443 e. The number of aromatic nitrogens is 2. The molecule has 0 aliphatic heterocycles. The molecule has 0 fully saturated rings. The van der Waals surface area contributed by atoms with Crippen LogP contribution in [0.1, 0.15) is 31.1 Å². The molecule has 0 spiro atoms. The number of rotatable bonds is 1. The summed E-state index contributed by atoms with van der Waals surface area (Å²) >= 11 is 0. The summed E-state index contributed by atoms with van der Waals surface area (Å²) in [5.74, 6) is 0. The van der Waals surface area contributed by atoms with Gasteiger partial charge in [0.1, 0.15) is 11.9 Å². The molecule has 1 aromatic heterocycles. The van der Waals surface area contributed by atoms with Crippen molar-refractivity contribution < 1.29 is 14.3 Å². The largest absolute Gasteiger partial charge is 0.443 e. The number of fused-ring (bicyclic) bond motifs is 1. The normalized spacial score (nSPS) is 11.5. The number of hydrogen-bond acceptors (Lipinski definition) is 4. The van der Waals surface area contributed by atoms with E-state index in [1.807, 2.05) is 0 Å². The highest BCUT2D eigenvalue weighted by atomic mass is 16.6. The summed E-state index contributed by atoms with van der Waals surface area (Å²) in [5.41, 5.74) is 0.882. The van der Waals surface area contributed by atoms with Crippen molar-refractivity contribution in [2.24, 2.45) is 0 Å². The molecule has 0 aliphatic rings. The number of nitrogens with zero attached hydrogens (tertiary/aromatic N) is 2. The van der Waals surface area contributed by atoms with Crippen molar-refractivity contribution in [3.8, 4) is 0 Å². The minimum atomic E-state index is -0.593. The third-order valence-corrected chi connectivity index (χ3v) is 2.32. The van der Waals surface area contributed by atoms with Crippen molar-refractivity contribution in [1.29, 1.82) is 0 Å². The molecule has 2 rings (SSSR count). The summed E-state index contributed by atoms with van der Waals surface area (Å²) in [4.78, 5) is 27.1. The number of carbonyl (C=O) groups is 2. The number of imidazole rings is 1. The van der Waals surface area contributed by atoms with E-state index in [9.17, 15) is 9.59 Å². The topological polar surface area (TPSA) is 61.2 Å². The van der Waals surface area contributed by atoms with Gasteiger partial charge in [-0.1, -0.05) is 6.07 Å². The van der Waals surface area contributed by atoms with E-state index in [0.29, 0.717) is 22.9 Å². The Balaban J connectivity index is 2.52. The van der Waals surface area contributed by atoms with Crippen LogP contribution in [0.2, 0.25) is 0 Å². The van der Waals surface area contributed by atoms with E-state index in [1.54, 1.807) is 39.0 Å². The number of aldehydes is 1. The smallest absolute Gasteiger partial charge is 0.420 e. The van der Waals surface area contributed by atoms with Crippen LogP contribution in [0.15, 0.2) is 24.5 Å². The average molecular weight is 246 g/mol. The van der Waals surface area contributed by atoms with Crippen molar-refractivity contribution in [2.45, 2.75) is 26.4 Å². The van der Waals surface area contributed by atoms with Gasteiger partial charge < -0.3 is 4.74 Å². The number of carbonyl (C=O) groups excluding carboxylic acids is 2. The molecule has 0 unspecified atom stereocenters. The second kappa shape index (κ2) is 4.25. The lowest BCUT2D eigenvalue weighted by molar-refractivity contribution is 0.0543. The maximum Gasteiger partial charge on any atom is 0.420 e. The highest BCUT2D eigenvalue weighted by Gasteiger charge is 2.20. The van der Waals surface area contributed by atoms with Gasteiger partial charge in [-0.25, -0.2) is 14.3 Å². The fourth-order valence-electron chi connectivity index (χ4n) is 1.64. The third kappa shape index (κ3) is 2.25. The van der Waals surface area contributed by atoms with Gasteiger partial charge in [-0.2, -0.15) is 0 Å². The molecule has 0 N–H and O–H groups in total. The first-order valence-corrected chi connectivity index (χ1v) is 5.57. The summed E-state index contributed by atoms with van der Waals surface area (Å²) in [7, 11) is 0. The maximum absolute atomic E-state index is 12.0. The monoisotopic (exact) mass is 246 g/mol. The number of hydrogen-bond donors (Lipinski definition) is 0. The molecule has 0 aliphatic carbocycles. The van der Waals surface area contributed by atoms with E-state index in [2.05, 4.69) is 4.98 Å². The fraction of sp³-hybridized carbons (Fsp3) is 0.308. The Morgan fingerprint density at radius 3 is 2.72 bits per heavy atom. The SMILES string of the molecule is CC(C)(C)OC(=O)n1cnc2cccc(C=O)c21. The van der Waals surface area contributed by atoms with Crippen LogP contribution in [0.4, 0.5) is 4.79 Å². The zero-order chi connectivity index (χ0) is 13.3. The Morgan fingerprint density at radius 2 is 2.11 bits per heavy atom. The number of ether oxygens (including phenoxy) is 1. The standard InChI is InChI=1S/C13H14N2O3/c1-13(2,3)18-12(17)15-8-14-10-6-4-5-9(7-16)11(10)15/h4-8H,1-3H3. The molecule has 0 amide bonds. The maximum atomic E-state index is 12.0. The summed E-state index contributed by atoms with van der Waals surface area (Å²) in [6, 6.07) is 5.10. The Bertz CT molecular complexity index is 608. The minimum absolute atomic E-state index is 0.413. The van der Waals surface area contributed by atoms with Gasteiger partial charge in [0, 0.05) is 5.56 Å². The number of benzene rings is 1. The first kappa shape index (κ1) is 12.3. The van der Waals surface area contributed by atoms with E-state index >= 15 is 0 Å². The van der Waals surface area contributed by atoms with Crippen LogP contribution in [0.25, 0.3) is 11.0 Å². The molecule has 2 aromatic rings. The van der Waals surface area contributed by atoms with E-state index in [0.717, 1.165) is 0 Å². The molecule has 5 heteroatoms. The molecule has 18 heavy (non-hydrogen) atoms. The predicted octanol–water partition coefficient (Wildman–Crippen LogP) is 2.63. The Labute approximate surface area is 104 Å². The zero-order valence-electron chi connectivity index (χ0n) is 10.5. The van der Waals surface area contributed by atoms with Gasteiger partial charge in [0.25, 0.3) is 0 Å². The van der Waals surface area contributed by atoms with Gasteiger partial charge >= 0.3 is 6.09 Å². The number of para-hydroxylation sites is 1. The van der Waals surface area contributed by atoms with Crippen molar-refractivity contribution in [1.82, 2.24) is 9.55 Å². The highest BCUT2D eigenvalue weighted by molar-refractivity contribution is 5.98. The van der Waals surface area contributed by atoms with Crippen LogP contribution < -0.4 is 0 Å². The molecular weight excluding hydrogens is 232 g/mol. The highest BCUT2D eigenvalue weighted by Crippen LogP contribution is 2.18. The summed E-state index contributed by atoms with van der Waals surface area (Å²) in [5, 5.41) is 0. The average Bonchev–Trinajstić information content (AvgIpc) is 2.70. The molecule has 1 aromatic carbocycles. The van der Waals surface area contributed by atoms with Crippen LogP contribution in [0.3, 0.4) is 0 Å². The molecule has 1 heterocycles. The van der Waals surface area contributed by atoms with Crippen LogP contribution in [0.5, 0.6) is 0 Å². The second-order valence-corrected chi connectivity index (χ2v) is 4.93. The lowest BCUT2D eigenvalue weighted by atomic mass is 10.2. The van der Waals surface area contributed by atoms with Gasteiger partial charge in [-0.3, -0.25) is 4.79 Å². The molecule has 5 nitrogen and oxygen atoms in total. The summed E-state index contributed by atoms with van der Waals surface area (Å²) in [6.07, 6.45) is 1.52. The van der Waals surface area contributed by atoms with Crippen LogP contribution >= 0.6 is 0 Å². The predicted molar refractivity (Wildman–Crippen MR) is 66.8 cm³/mol. The van der Waals surface area contributed by atoms with Crippen LogP contribution in [-0.4, -0.2) is 27.5 Å². The third-order valence-electron chi connectivity index (χ3n) is 2.32. The molecule has 0 saturated heterocycles. The molecular formula is C13H14N2O3. The van der Waals surface area contributed by atoms with E-state index < -0.39 is 11.7 Å². The van der Waals surface area contributed by atoms with Gasteiger partial charge in [-0.05, 0) is 32.9 Å². The molecule has 94 valence electrons. The first-order chi connectivity index (χ1) is 8.42. The molecule has 0 radical (unpaired) electrons. The Kier molecular flexibility index (Phi) is 2.90. The fourth-order valence-corrected chi connectivity index (χ4v) is 1.64. The summed E-state index contributed by atoms with van der Waals surface area (Å²) in [6.45, 7) is 5.35. The molecule has 0 saturated carbocycles. The van der Waals surface area contributed by atoms with Gasteiger partial charge in [0.2, 0.25) is 0 Å². The lowest BCUT2D eigenvalue weighted by Gasteiger charge is -2.19. The van der Waals surface area contributed by atoms with Crippen molar-refractivity contribution in [2.75, 3.05) is 0 Å². The van der Waals surface area contributed by atoms with E-state index in [-0.39, 0.29) is 0 Å².